The van der Waals surface area contributed by atoms with Crippen LogP contribution in [0.1, 0.15) is 21.7 Å². The minimum atomic E-state index is -4.76. The van der Waals surface area contributed by atoms with E-state index in [4.69, 9.17) is 10.2 Å². The summed E-state index contributed by atoms with van der Waals surface area (Å²) in [6, 6.07) is 7.30. The van der Waals surface area contributed by atoms with Crippen molar-refractivity contribution in [1.29, 1.82) is 0 Å². The topological polar surface area (TPSA) is 77.5 Å². The maximum absolute atomic E-state index is 12.3. The molecule has 0 spiro atoms. The van der Waals surface area contributed by atoms with Crippen LogP contribution in [0.25, 0.3) is 0 Å². The van der Waals surface area contributed by atoms with Gasteiger partial charge >= 0.3 is 6.36 Å². The van der Waals surface area contributed by atoms with Crippen LogP contribution in [-0.2, 0) is 13.0 Å². The Bertz CT molecular complexity index is 668. The van der Waals surface area contributed by atoms with Crippen molar-refractivity contribution in [3.05, 3.63) is 53.5 Å². The molecule has 2 rings (SSSR count). The summed E-state index contributed by atoms with van der Waals surface area (Å²) in [7, 11) is 0. The summed E-state index contributed by atoms with van der Waals surface area (Å²) in [6.07, 6.45) is -3.29. The molecule has 0 bridgehead atoms. The number of ether oxygens (including phenoxy) is 1. The number of alkyl halides is 3. The summed E-state index contributed by atoms with van der Waals surface area (Å²) in [4.78, 5) is 11.9. The lowest BCUT2D eigenvalue weighted by molar-refractivity contribution is -0.274. The Morgan fingerprint density at radius 1 is 1.30 bits per heavy atom. The van der Waals surface area contributed by atoms with Crippen LogP contribution >= 0.6 is 0 Å². The number of carbonyl (C=O) groups excluding carboxylic acids is 1. The monoisotopic (exact) mass is 328 g/mol. The van der Waals surface area contributed by atoms with Gasteiger partial charge in [0, 0.05) is 6.54 Å². The molecule has 8 heteroatoms. The number of para-hydroxylation sites is 1. The lowest BCUT2D eigenvalue weighted by Crippen LogP contribution is -2.25. The summed E-state index contributed by atoms with van der Waals surface area (Å²) in [5, 5.41) is 2.60. The summed E-state index contributed by atoms with van der Waals surface area (Å²) in [5.74, 6) is -0.190. The molecule has 124 valence electrons. The molecular formula is C15H15F3N2O3. The van der Waals surface area contributed by atoms with Crippen molar-refractivity contribution in [2.45, 2.75) is 19.3 Å². The van der Waals surface area contributed by atoms with Crippen LogP contribution in [0.3, 0.4) is 0 Å². The van der Waals surface area contributed by atoms with Crippen molar-refractivity contribution >= 4 is 5.91 Å². The van der Waals surface area contributed by atoms with Crippen LogP contribution in [0.4, 0.5) is 13.2 Å². The van der Waals surface area contributed by atoms with Gasteiger partial charge < -0.3 is 20.2 Å². The van der Waals surface area contributed by atoms with Crippen molar-refractivity contribution in [3.8, 4) is 5.75 Å². The Labute approximate surface area is 130 Å². The van der Waals surface area contributed by atoms with Gasteiger partial charge in [0.25, 0.3) is 5.91 Å². The highest BCUT2D eigenvalue weighted by Gasteiger charge is 2.31. The van der Waals surface area contributed by atoms with E-state index in [1.807, 2.05) is 0 Å². The van der Waals surface area contributed by atoms with Crippen molar-refractivity contribution in [2.24, 2.45) is 5.73 Å². The Morgan fingerprint density at radius 3 is 2.70 bits per heavy atom. The van der Waals surface area contributed by atoms with Crippen LogP contribution in [0.5, 0.6) is 5.75 Å². The van der Waals surface area contributed by atoms with Gasteiger partial charge in [-0.15, -0.1) is 13.2 Å². The van der Waals surface area contributed by atoms with E-state index < -0.39 is 6.36 Å². The predicted molar refractivity (Wildman–Crippen MR) is 75.8 cm³/mol. The molecule has 0 saturated heterocycles. The zero-order valence-corrected chi connectivity index (χ0v) is 12.0. The molecule has 0 fully saturated rings. The molecule has 0 radical (unpaired) electrons. The van der Waals surface area contributed by atoms with E-state index in [0.29, 0.717) is 16.9 Å². The maximum atomic E-state index is 12.3. The van der Waals surface area contributed by atoms with Gasteiger partial charge in [0.15, 0.2) is 0 Å². The summed E-state index contributed by atoms with van der Waals surface area (Å²) in [6.45, 7) is 0.329. The van der Waals surface area contributed by atoms with E-state index >= 15 is 0 Å². The predicted octanol–water partition coefficient (Wildman–Crippen LogP) is 2.61. The number of rotatable bonds is 6. The maximum Gasteiger partial charge on any atom is 0.573 e. The lowest BCUT2D eigenvalue weighted by Gasteiger charge is -2.13. The third kappa shape index (κ3) is 5.03. The largest absolute Gasteiger partial charge is 0.573 e. The molecule has 5 nitrogen and oxygen atoms in total. The van der Waals surface area contributed by atoms with Crippen molar-refractivity contribution < 1.29 is 27.1 Å². The normalized spacial score (nSPS) is 11.3. The lowest BCUT2D eigenvalue weighted by atomic mass is 10.1. The molecular weight excluding hydrogens is 313 g/mol. The number of carbonyl (C=O) groups is 1. The van der Waals surface area contributed by atoms with Crippen molar-refractivity contribution in [2.75, 3.05) is 6.54 Å². The fourth-order valence-electron chi connectivity index (χ4n) is 1.95. The van der Waals surface area contributed by atoms with Gasteiger partial charge in [0.05, 0.1) is 12.1 Å². The van der Waals surface area contributed by atoms with Gasteiger partial charge in [0.1, 0.15) is 17.8 Å². The van der Waals surface area contributed by atoms with Crippen LogP contribution in [0, 0.1) is 0 Å². The van der Waals surface area contributed by atoms with Crippen LogP contribution < -0.4 is 15.8 Å². The fraction of sp³-hybridized carbons (Fsp3) is 0.267. The second kappa shape index (κ2) is 7.19. The summed E-state index contributed by atoms with van der Waals surface area (Å²) < 4.78 is 45.9. The quantitative estimate of drug-likeness (QED) is 0.854. The summed E-state index contributed by atoms with van der Waals surface area (Å²) >= 11 is 0. The average Bonchev–Trinajstić information content (AvgIpc) is 2.96. The first-order valence-corrected chi connectivity index (χ1v) is 6.78. The first-order chi connectivity index (χ1) is 10.9. The van der Waals surface area contributed by atoms with Crippen LogP contribution in [0.2, 0.25) is 0 Å². The van der Waals surface area contributed by atoms with Gasteiger partial charge in [-0.2, -0.15) is 0 Å². The third-order valence-corrected chi connectivity index (χ3v) is 3.00. The van der Waals surface area contributed by atoms with Gasteiger partial charge in [-0.05, 0) is 24.1 Å². The van der Waals surface area contributed by atoms with E-state index in [9.17, 15) is 18.0 Å². The first kappa shape index (κ1) is 16.9. The third-order valence-electron chi connectivity index (χ3n) is 3.00. The van der Waals surface area contributed by atoms with E-state index in [-0.39, 0.29) is 31.2 Å². The van der Waals surface area contributed by atoms with Gasteiger partial charge in [-0.25, -0.2) is 0 Å². The number of nitrogens with two attached hydrogens (primary N) is 1. The number of furan rings is 1. The second-order valence-corrected chi connectivity index (χ2v) is 4.67. The Morgan fingerprint density at radius 2 is 2.04 bits per heavy atom. The van der Waals surface area contributed by atoms with E-state index in [0.717, 1.165) is 0 Å². The molecule has 2 aromatic rings. The SMILES string of the molecule is NCc1cc(C(=O)NCCc2ccccc2OC(F)(F)F)co1. The number of amides is 1. The highest BCUT2D eigenvalue weighted by atomic mass is 19.4. The molecule has 0 aliphatic rings. The Balaban J connectivity index is 1.92. The molecule has 0 saturated carbocycles. The highest BCUT2D eigenvalue weighted by Crippen LogP contribution is 2.26. The zero-order chi connectivity index (χ0) is 16.9. The minimum absolute atomic E-state index is 0.153. The Kier molecular flexibility index (Phi) is 5.28. The number of hydrogen-bond acceptors (Lipinski definition) is 4. The standard InChI is InChI=1S/C15H15F3N2O3/c16-15(17,18)23-13-4-2-1-3-10(13)5-6-20-14(21)11-7-12(8-19)22-9-11/h1-4,7,9H,5-6,8,19H2,(H,20,21). The van der Waals surface area contributed by atoms with E-state index in [2.05, 4.69) is 10.1 Å². The van der Waals surface area contributed by atoms with Crippen LogP contribution in [-0.4, -0.2) is 18.8 Å². The van der Waals surface area contributed by atoms with Gasteiger partial charge in [-0.3, -0.25) is 4.79 Å². The average molecular weight is 328 g/mol. The number of halogens is 3. The second-order valence-electron chi connectivity index (χ2n) is 4.67. The molecule has 0 aliphatic heterocycles. The summed E-state index contributed by atoms with van der Waals surface area (Å²) in [5.41, 5.74) is 6.03. The minimum Gasteiger partial charge on any atom is -0.467 e. The molecule has 3 N–H and O–H groups in total. The molecule has 23 heavy (non-hydrogen) atoms. The molecule has 1 heterocycles. The molecule has 0 atom stereocenters. The van der Waals surface area contributed by atoms with Gasteiger partial charge in [0.2, 0.25) is 0 Å². The number of benzene rings is 1. The first-order valence-electron chi connectivity index (χ1n) is 6.78. The highest BCUT2D eigenvalue weighted by molar-refractivity contribution is 5.93. The molecule has 0 unspecified atom stereocenters. The van der Waals surface area contributed by atoms with Crippen molar-refractivity contribution in [1.82, 2.24) is 5.32 Å². The van der Waals surface area contributed by atoms with Crippen LogP contribution in [0.15, 0.2) is 41.0 Å². The Hall–Kier alpha value is -2.48. The molecule has 1 aromatic heterocycles. The van der Waals surface area contributed by atoms with E-state index in [1.165, 1.54) is 30.5 Å². The van der Waals surface area contributed by atoms with Gasteiger partial charge in [-0.1, -0.05) is 18.2 Å². The number of hydrogen-bond donors (Lipinski definition) is 2. The zero-order valence-electron chi connectivity index (χ0n) is 12.0. The molecule has 1 amide bonds. The van der Waals surface area contributed by atoms with E-state index in [1.54, 1.807) is 6.07 Å². The molecule has 0 aliphatic carbocycles. The number of nitrogens with one attached hydrogen (secondary N) is 1. The fourth-order valence-corrected chi connectivity index (χ4v) is 1.95. The molecule has 1 aromatic carbocycles. The van der Waals surface area contributed by atoms with Crippen molar-refractivity contribution in [3.63, 3.8) is 0 Å². The smallest absolute Gasteiger partial charge is 0.467 e.